The van der Waals surface area contributed by atoms with Crippen molar-refractivity contribution < 1.29 is 14.3 Å². The van der Waals surface area contributed by atoms with Crippen LogP contribution in [0, 0.1) is 0 Å². The van der Waals surface area contributed by atoms with Crippen LogP contribution in [0.2, 0.25) is 0 Å². The summed E-state index contributed by atoms with van der Waals surface area (Å²) in [4.78, 5) is 30.5. The number of pyridine rings is 1. The molecule has 1 atom stereocenters. The Balaban J connectivity index is 1.73. The molecule has 0 aliphatic carbocycles. The average molecular weight is 457 g/mol. The van der Waals surface area contributed by atoms with Crippen molar-refractivity contribution in [3.8, 4) is 11.3 Å². The van der Waals surface area contributed by atoms with E-state index in [4.69, 9.17) is 9.72 Å². The second-order valence-corrected chi connectivity index (χ2v) is 9.23. The smallest absolute Gasteiger partial charge is 0.339 e. The molecule has 0 bridgehead atoms. The molecule has 4 rings (SSSR count). The Morgan fingerprint density at radius 1 is 1.03 bits per heavy atom. The Bertz CT molecular complexity index is 1310. The predicted octanol–water partition coefficient (Wildman–Crippen LogP) is 4.61. The first-order chi connectivity index (χ1) is 16.2. The molecule has 2 heterocycles. The van der Waals surface area contributed by atoms with Gasteiger partial charge in [-0.1, -0.05) is 60.7 Å². The molecule has 0 aliphatic rings. The molecule has 7 heteroatoms. The highest BCUT2D eigenvalue weighted by molar-refractivity contribution is 6.04. The Hall–Kier alpha value is -4.00. The summed E-state index contributed by atoms with van der Waals surface area (Å²) >= 11 is 0. The van der Waals surface area contributed by atoms with E-state index in [2.05, 4.69) is 10.4 Å². The van der Waals surface area contributed by atoms with Gasteiger partial charge >= 0.3 is 5.97 Å². The van der Waals surface area contributed by atoms with Crippen LogP contribution in [0.15, 0.2) is 72.9 Å². The summed E-state index contributed by atoms with van der Waals surface area (Å²) in [5.41, 5.74) is 3.02. The molecule has 174 valence electrons. The van der Waals surface area contributed by atoms with E-state index in [1.54, 1.807) is 23.9 Å². The molecular weight excluding hydrogens is 428 g/mol. The third-order valence-corrected chi connectivity index (χ3v) is 5.23. The predicted molar refractivity (Wildman–Crippen MR) is 131 cm³/mol. The van der Waals surface area contributed by atoms with Crippen LogP contribution in [0.25, 0.3) is 22.3 Å². The van der Waals surface area contributed by atoms with Crippen molar-refractivity contribution in [2.45, 2.75) is 45.9 Å². The molecule has 34 heavy (non-hydrogen) atoms. The van der Waals surface area contributed by atoms with Gasteiger partial charge in [-0.3, -0.25) is 4.79 Å². The third kappa shape index (κ3) is 5.31. The summed E-state index contributed by atoms with van der Waals surface area (Å²) in [6, 6.07) is 21.2. The third-order valence-electron chi connectivity index (χ3n) is 5.23. The molecule has 1 N–H and O–H groups in total. The van der Waals surface area contributed by atoms with Crippen molar-refractivity contribution in [3.63, 3.8) is 0 Å². The van der Waals surface area contributed by atoms with Gasteiger partial charge in [-0.05, 0) is 39.3 Å². The van der Waals surface area contributed by atoms with Gasteiger partial charge in [0.2, 0.25) is 0 Å². The van der Waals surface area contributed by atoms with E-state index in [1.807, 2.05) is 81.4 Å². The standard InChI is InChI=1S/C27H28N4O3/c1-18(25(32)30-27(2,3)4)34-26(33)21-15-23(20-13-9-6-10-14-20)29-24-22(21)16-28-31(24)17-19-11-7-5-8-12-19/h5-16,18H,17H2,1-4H3,(H,30,32)/t18-/m1/s1. The lowest BCUT2D eigenvalue weighted by Gasteiger charge is -2.23. The molecule has 0 aliphatic heterocycles. The number of fused-ring (bicyclic) bond motifs is 1. The minimum Gasteiger partial charge on any atom is -0.449 e. The van der Waals surface area contributed by atoms with Crippen LogP contribution in [0.4, 0.5) is 0 Å². The average Bonchev–Trinajstić information content (AvgIpc) is 3.21. The summed E-state index contributed by atoms with van der Waals surface area (Å²) in [7, 11) is 0. The number of nitrogens with one attached hydrogen (secondary N) is 1. The van der Waals surface area contributed by atoms with E-state index in [0.29, 0.717) is 28.8 Å². The first-order valence-electron chi connectivity index (χ1n) is 11.2. The molecule has 0 saturated carbocycles. The molecule has 0 radical (unpaired) electrons. The van der Waals surface area contributed by atoms with E-state index in [9.17, 15) is 9.59 Å². The number of hydrogen-bond donors (Lipinski definition) is 1. The van der Waals surface area contributed by atoms with E-state index in [1.165, 1.54) is 0 Å². The minimum absolute atomic E-state index is 0.318. The summed E-state index contributed by atoms with van der Waals surface area (Å²) < 4.78 is 7.32. The van der Waals surface area contributed by atoms with Gasteiger partial charge in [0, 0.05) is 11.1 Å². The molecule has 2 aromatic carbocycles. The Morgan fingerprint density at radius 3 is 2.32 bits per heavy atom. The zero-order valence-electron chi connectivity index (χ0n) is 19.8. The van der Waals surface area contributed by atoms with Gasteiger partial charge in [-0.2, -0.15) is 5.10 Å². The van der Waals surface area contributed by atoms with E-state index >= 15 is 0 Å². The quantitative estimate of drug-likeness (QED) is 0.428. The number of carbonyl (C=O) groups excluding carboxylic acids is 2. The van der Waals surface area contributed by atoms with Crippen molar-refractivity contribution in [1.29, 1.82) is 0 Å². The van der Waals surface area contributed by atoms with Crippen molar-refractivity contribution in [2.75, 3.05) is 0 Å². The Morgan fingerprint density at radius 2 is 1.68 bits per heavy atom. The Kier molecular flexibility index (Phi) is 6.45. The molecule has 0 spiro atoms. The zero-order chi connectivity index (χ0) is 24.3. The maximum absolute atomic E-state index is 13.2. The van der Waals surface area contributed by atoms with Gasteiger partial charge in [0.05, 0.1) is 29.4 Å². The highest BCUT2D eigenvalue weighted by atomic mass is 16.5. The fraction of sp³-hybridized carbons (Fsp3) is 0.259. The zero-order valence-corrected chi connectivity index (χ0v) is 19.8. The number of esters is 1. The lowest BCUT2D eigenvalue weighted by atomic mass is 10.1. The van der Waals surface area contributed by atoms with Crippen LogP contribution >= 0.6 is 0 Å². The van der Waals surface area contributed by atoms with Crippen molar-refractivity contribution in [1.82, 2.24) is 20.1 Å². The molecule has 1 amide bonds. The lowest BCUT2D eigenvalue weighted by molar-refractivity contribution is -0.130. The van der Waals surface area contributed by atoms with Crippen LogP contribution in [0.5, 0.6) is 0 Å². The molecule has 4 aromatic rings. The first-order valence-corrected chi connectivity index (χ1v) is 11.2. The van der Waals surface area contributed by atoms with Crippen LogP contribution in [0.1, 0.15) is 43.6 Å². The number of carbonyl (C=O) groups is 2. The highest BCUT2D eigenvalue weighted by Crippen LogP contribution is 2.26. The fourth-order valence-electron chi connectivity index (χ4n) is 3.59. The normalized spacial score (nSPS) is 12.4. The number of nitrogens with zero attached hydrogens (tertiary/aromatic N) is 3. The number of hydrogen-bond acceptors (Lipinski definition) is 5. The van der Waals surface area contributed by atoms with Gasteiger partial charge in [0.25, 0.3) is 5.91 Å². The van der Waals surface area contributed by atoms with Crippen LogP contribution < -0.4 is 5.32 Å². The molecule has 0 unspecified atom stereocenters. The van der Waals surface area contributed by atoms with Gasteiger partial charge in [-0.25, -0.2) is 14.5 Å². The van der Waals surface area contributed by atoms with Crippen molar-refractivity contribution >= 4 is 22.9 Å². The number of ether oxygens (including phenoxy) is 1. The van der Waals surface area contributed by atoms with Crippen molar-refractivity contribution in [3.05, 3.63) is 84.1 Å². The number of amides is 1. The molecule has 2 aromatic heterocycles. The monoisotopic (exact) mass is 456 g/mol. The summed E-state index contributed by atoms with van der Waals surface area (Å²) in [5.74, 6) is -0.949. The van der Waals surface area contributed by atoms with Crippen LogP contribution in [-0.4, -0.2) is 38.3 Å². The molecular formula is C27H28N4O3. The topological polar surface area (TPSA) is 86.1 Å². The summed E-state index contributed by atoms with van der Waals surface area (Å²) in [5, 5.41) is 7.91. The molecule has 0 fully saturated rings. The maximum atomic E-state index is 13.2. The summed E-state index contributed by atoms with van der Waals surface area (Å²) in [6.45, 7) is 7.69. The number of benzene rings is 2. The van der Waals surface area contributed by atoms with E-state index in [0.717, 1.165) is 11.1 Å². The second-order valence-electron chi connectivity index (χ2n) is 9.23. The van der Waals surface area contributed by atoms with Crippen LogP contribution in [0.3, 0.4) is 0 Å². The SMILES string of the molecule is C[C@@H](OC(=O)c1cc(-c2ccccc2)nc2c1cnn2Cc1ccccc1)C(=O)NC(C)(C)C. The second kappa shape index (κ2) is 9.47. The first kappa shape index (κ1) is 23.2. The maximum Gasteiger partial charge on any atom is 0.339 e. The Labute approximate surface area is 198 Å². The van der Waals surface area contributed by atoms with E-state index < -0.39 is 17.6 Å². The van der Waals surface area contributed by atoms with Gasteiger partial charge < -0.3 is 10.1 Å². The minimum atomic E-state index is -0.950. The summed E-state index contributed by atoms with van der Waals surface area (Å²) in [6.07, 6.45) is 0.672. The largest absolute Gasteiger partial charge is 0.449 e. The van der Waals surface area contributed by atoms with Gasteiger partial charge in [0.1, 0.15) is 0 Å². The fourth-order valence-corrected chi connectivity index (χ4v) is 3.59. The van der Waals surface area contributed by atoms with Gasteiger partial charge in [0.15, 0.2) is 11.8 Å². The van der Waals surface area contributed by atoms with E-state index in [-0.39, 0.29) is 5.91 Å². The number of rotatable bonds is 6. The van der Waals surface area contributed by atoms with Crippen molar-refractivity contribution in [2.24, 2.45) is 0 Å². The lowest BCUT2D eigenvalue weighted by Crippen LogP contribution is -2.46. The molecule has 7 nitrogen and oxygen atoms in total. The number of aromatic nitrogens is 3. The highest BCUT2D eigenvalue weighted by Gasteiger charge is 2.25. The van der Waals surface area contributed by atoms with Crippen LogP contribution in [-0.2, 0) is 16.1 Å². The van der Waals surface area contributed by atoms with Gasteiger partial charge in [-0.15, -0.1) is 0 Å². The molecule has 0 saturated heterocycles.